The van der Waals surface area contributed by atoms with Gasteiger partial charge >= 0.3 is 6.03 Å². The second kappa shape index (κ2) is 8.03. The average molecular weight is 290 g/mol. The highest BCUT2D eigenvalue weighted by atomic mass is 16.3. The molecule has 1 aliphatic carbocycles. The van der Waals surface area contributed by atoms with Gasteiger partial charge in [-0.15, -0.1) is 0 Å². The maximum Gasteiger partial charge on any atom is 0.314 e. The van der Waals surface area contributed by atoms with Gasteiger partial charge in [0.1, 0.15) is 0 Å². The summed E-state index contributed by atoms with van der Waals surface area (Å²) >= 11 is 0. The van der Waals surface area contributed by atoms with Crippen molar-refractivity contribution in [2.75, 3.05) is 19.7 Å². The number of carbonyl (C=O) groups excluding carboxylic acids is 1. The molecule has 116 valence electrons. The second-order valence-electron chi connectivity index (χ2n) is 6.00. The zero-order chi connectivity index (χ0) is 15.1. The predicted octanol–water partition coefficient (Wildman–Crippen LogP) is 2.42. The monoisotopic (exact) mass is 290 g/mol. The van der Waals surface area contributed by atoms with Crippen LogP contribution in [-0.4, -0.2) is 30.8 Å². The molecule has 3 N–H and O–H groups in total. The lowest BCUT2D eigenvalue weighted by atomic mass is 9.83. The SMILES string of the molecule is CC(CCO)CNC(=O)NCC1CCCc2ccccc21. The fourth-order valence-corrected chi connectivity index (χ4v) is 2.93. The van der Waals surface area contributed by atoms with E-state index in [1.165, 1.54) is 17.5 Å². The van der Waals surface area contributed by atoms with Gasteiger partial charge in [0, 0.05) is 25.6 Å². The number of hydrogen-bond donors (Lipinski definition) is 3. The topological polar surface area (TPSA) is 61.4 Å². The maximum absolute atomic E-state index is 11.8. The Labute approximate surface area is 126 Å². The molecule has 0 radical (unpaired) electrons. The molecule has 1 aromatic rings. The van der Waals surface area contributed by atoms with Gasteiger partial charge in [-0.2, -0.15) is 0 Å². The van der Waals surface area contributed by atoms with E-state index in [0.717, 1.165) is 19.3 Å². The molecule has 0 heterocycles. The molecule has 1 aromatic carbocycles. The fraction of sp³-hybridized carbons (Fsp3) is 0.588. The summed E-state index contributed by atoms with van der Waals surface area (Å²) in [5, 5.41) is 14.7. The number of rotatable bonds is 6. The Balaban J connectivity index is 1.77. The molecular formula is C17H26N2O2. The van der Waals surface area contributed by atoms with E-state index < -0.39 is 0 Å². The van der Waals surface area contributed by atoms with Gasteiger partial charge < -0.3 is 15.7 Å². The predicted molar refractivity (Wildman–Crippen MR) is 84.4 cm³/mol. The van der Waals surface area contributed by atoms with E-state index >= 15 is 0 Å². The minimum Gasteiger partial charge on any atom is -0.396 e. The van der Waals surface area contributed by atoms with Crippen LogP contribution in [0.3, 0.4) is 0 Å². The number of aryl methyl sites for hydroxylation is 1. The third-order valence-corrected chi connectivity index (χ3v) is 4.24. The molecule has 0 fully saturated rings. The van der Waals surface area contributed by atoms with Crippen molar-refractivity contribution in [1.29, 1.82) is 0 Å². The molecule has 0 bridgehead atoms. The minimum absolute atomic E-state index is 0.108. The largest absolute Gasteiger partial charge is 0.396 e. The zero-order valence-electron chi connectivity index (χ0n) is 12.8. The summed E-state index contributed by atoms with van der Waals surface area (Å²) in [5.74, 6) is 0.728. The van der Waals surface area contributed by atoms with Crippen LogP contribution in [0.1, 0.15) is 43.2 Å². The van der Waals surface area contributed by atoms with E-state index in [-0.39, 0.29) is 12.6 Å². The van der Waals surface area contributed by atoms with Gasteiger partial charge in [-0.05, 0) is 42.7 Å². The molecule has 2 unspecified atom stereocenters. The first-order valence-corrected chi connectivity index (χ1v) is 7.91. The molecule has 2 rings (SSSR count). The number of amides is 2. The highest BCUT2D eigenvalue weighted by molar-refractivity contribution is 5.73. The number of aliphatic hydroxyl groups is 1. The summed E-state index contributed by atoms with van der Waals surface area (Å²) in [4.78, 5) is 11.8. The first-order chi connectivity index (χ1) is 10.2. The van der Waals surface area contributed by atoms with E-state index in [1.54, 1.807) is 0 Å². The molecule has 0 spiro atoms. The highest BCUT2D eigenvalue weighted by Gasteiger charge is 2.20. The Bertz CT molecular complexity index is 462. The molecular weight excluding hydrogens is 264 g/mol. The molecule has 2 atom stereocenters. The van der Waals surface area contributed by atoms with Crippen molar-refractivity contribution in [3.8, 4) is 0 Å². The molecule has 0 saturated heterocycles. The zero-order valence-corrected chi connectivity index (χ0v) is 12.8. The van der Waals surface area contributed by atoms with Gasteiger partial charge in [0.15, 0.2) is 0 Å². The van der Waals surface area contributed by atoms with Gasteiger partial charge in [-0.3, -0.25) is 0 Å². The smallest absolute Gasteiger partial charge is 0.314 e. The van der Waals surface area contributed by atoms with Crippen molar-refractivity contribution < 1.29 is 9.90 Å². The van der Waals surface area contributed by atoms with Gasteiger partial charge in [0.05, 0.1) is 0 Å². The lowest BCUT2D eigenvalue weighted by molar-refractivity contribution is 0.233. The Morgan fingerprint density at radius 3 is 3.00 bits per heavy atom. The summed E-state index contributed by atoms with van der Waals surface area (Å²) in [7, 11) is 0. The van der Waals surface area contributed by atoms with Gasteiger partial charge in [0.2, 0.25) is 0 Å². The van der Waals surface area contributed by atoms with Gasteiger partial charge in [-0.1, -0.05) is 31.2 Å². The summed E-state index contributed by atoms with van der Waals surface area (Å²) in [5.41, 5.74) is 2.81. The molecule has 2 amide bonds. The van der Waals surface area contributed by atoms with Gasteiger partial charge in [-0.25, -0.2) is 4.79 Å². The van der Waals surface area contributed by atoms with E-state index in [0.29, 0.717) is 24.9 Å². The van der Waals surface area contributed by atoms with Crippen LogP contribution in [0.4, 0.5) is 4.79 Å². The molecule has 1 aliphatic rings. The number of urea groups is 1. The Hall–Kier alpha value is -1.55. The van der Waals surface area contributed by atoms with Gasteiger partial charge in [0.25, 0.3) is 0 Å². The lowest BCUT2D eigenvalue weighted by Crippen LogP contribution is -2.40. The fourth-order valence-electron chi connectivity index (χ4n) is 2.93. The third kappa shape index (κ3) is 4.74. The van der Waals surface area contributed by atoms with Crippen molar-refractivity contribution in [2.45, 2.75) is 38.5 Å². The Kier molecular flexibility index (Phi) is 6.05. The molecule has 0 aliphatic heterocycles. The van der Waals surface area contributed by atoms with Crippen LogP contribution in [0.15, 0.2) is 24.3 Å². The standard InChI is InChI=1S/C17H26N2O2/c1-13(9-10-20)11-18-17(21)19-12-15-7-4-6-14-5-2-3-8-16(14)15/h2-3,5,8,13,15,20H,4,6-7,9-12H2,1H3,(H2,18,19,21). The summed E-state index contributed by atoms with van der Waals surface area (Å²) in [6.07, 6.45) is 4.20. The van der Waals surface area contributed by atoms with Crippen molar-refractivity contribution in [2.24, 2.45) is 5.92 Å². The van der Waals surface area contributed by atoms with Crippen LogP contribution in [0.25, 0.3) is 0 Å². The van der Waals surface area contributed by atoms with Crippen LogP contribution < -0.4 is 10.6 Å². The Morgan fingerprint density at radius 1 is 1.38 bits per heavy atom. The highest BCUT2D eigenvalue weighted by Crippen LogP contribution is 2.30. The van der Waals surface area contributed by atoms with Crippen molar-refractivity contribution in [1.82, 2.24) is 10.6 Å². The third-order valence-electron chi connectivity index (χ3n) is 4.24. The number of aliphatic hydroxyl groups excluding tert-OH is 1. The van der Waals surface area contributed by atoms with E-state index in [1.807, 2.05) is 6.92 Å². The quantitative estimate of drug-likeness (QED) is 0.753. The van der Waals surface area contributed by atoms with Crippen LogP contribution in [0.2, 0.25) is 0 Å². The maximum atomic E-state index is 11.8. The van der Waals surface area contributed by atoms with E-state index in [2.05, 4.69) is 34.9 Å². The lowest BCUT2D eigenvalue weighted by Gasteiger charge is -2.25. The normalized spacial score (nSPS) is 18.7. The molecule has 21 heavy (non-hydrogen) atoms. The number of carbonyl (C=O) groups is 1. The minimum atomic E-state index is -0.108. The number of hydrogen-bond acceptors (Lipinski definition) is 2. The number of benzene rings is 1. The van der Waals surface area contributed by atoms with Crippen molar-refractivity contribution in [3.05, 3.63) is 35.4 Å². The summed E-state index contributed by atoms with van der Waals surface area (Å²) in [6, 6.07) is 8.43. The number of nitrogens with one attached hydrogen (secondary N) is 2. The van der Waals surface area contributed by atoms with Crippen LogP contribution >= 0.6 is 0 Å². The van der Waals surface area contributed by atoms with E-state index in [4.69, 9.17) is 5.11 Å². The first kappa shape index (κ1) is 15.8. The second-order valence-corrected chi connectivity index (χ2v) is 6.00. The molecule has 0 aromatic heterocycles. The molecule has 0 saturated carbocycles. The van der Waals surface area contributed by atoms with Crippen LogP contribution in [-0.2, 0) is 6.42 Å². The van der Waals surface area contributed by atoms with Crippen molar-refractivity contribution in [3.63, 3.8) is 0 Å². The van der Waals surface area contributed by atoms with Crippen LogP contribution in [0.5, 0.6) is 0 Å². The molecule has 4 heteroatoms. The first-order valence-electron chi connectivity index (χ1n) is 7.91. The number of fused-ring (bicyclic) bond motifs is 1. The van der Waals surface area contributed by atoms with E-state index in [9.17, 15) is 4.79 Å². The molecule has 4 nitrogen and oxygen atoms in total. The van der Waals surface area contributed by atoms with Crippen LogP contribution in [0, 0.1) is 5.92 Å². The van der Waals surface area contributed by atoms with Crippen molar-refractivity contribution >= 4 is 6.03 Å². The Morgan fingerprint density at radius 2 is 2.19 bits per heavy atom. The summed E-state index contributed by atoms with van der Waals surface area (Å²) in [6.45, 7) is 3.49. The summed E-state index contributed by atoms with van der Waals surface area (Å²) < 4.78 is 0. The average Bonchev–Trinajstić information content (AvgIpc) is 2.51.